The first-order valence-electron chi connectivity index (χ1n) is 14.2. The molecule has 1 saturated carbocycles. The van der Waals surface area contributed by atoms with Crippen LogP contribution in [0.25, 0.3) is 0 Å². The number of carboxylic acids is 1. The minimum atomic E-state index is -1.33. The van der Waals surface area contributed by atoms with Crippen LogP contribution in [0, 0.1) is 19.8 Å². The highest BCUT2D eigenvalue weighted by atomic mass is 16.4. The molecule has 2 aromatic rings. The van der Waals surface area contributed by atoms with Gasteiger partial charge in [0, 0.05) is 29.5 Å². The van der Waals surface area contributed by atoms with E-state index in [2.05, 4.69) is 19.9 Å². The Morgan fingerprint density at radius 2 is 1.38 bits per heavy atom. The van der Waals surface area contributed by atoms with Gasteiger partial charge in [0.25, 0.3) is 5.91 Å². The number of aryl methyl sites for hydroxylation is 2. The van der Waals surface area contributed by atoms with Crippen molar-refractivity contribution < 1.29 is 24.6 Å². The molecule has 0 heterocycles. The molecule has 0 bridgehead atoms. The number of ketones is 1. The number of aliphatic hydroxyl groups is 1. The van der Waals surface area contributed by atoms with Gasteiger partial charge in [-0.1, -0.05) is 63.9 Å². The minimum Gasteiger partial charge on any atom is -0.480 e. The van der Waals surface area contributed by atoms with Crippen molar-refractivity contribution in [3.63, 3.8) is 0 Å². The number of likely N-dealkylation sites (N-methyl/N-ethyl adjacent to an activating group) is 1. The van der Waals surface area contributed by atoms with Gasteiger partial charge in [0.2, 0.25) is 0 Å². The lowest BCUT2D eigenvalue weighted by Gasteiger charge is -2.35. The van der Waals surface area contributed by atoms with Crippen molar-refractivity contribution >= 4 is 17.7 Å². The number of carboxylic acid groups (broad SMARTS) is 1. The number of rotatable bonds is 10. The number of hydrogen-bond acceptors (Lipinski definition) is 4. The van der Waals surface area contributed by atoms with Crippen molar-refractivity contribution in [2.24, 2.45) is 5.92 Å². The topological polar surface area (TPSA) is 94.9 Å². The molecule has 0 aliphatic heterocycles. The second kappa shape index (κ2) is 11.2. The van der Waals surface area contributed by atoms with Crippen molar-refractivity contribution in [3.8, 4) is 0 Å². The van der Waals surface area contributed by atoms with Gasteiger partial charge in [-0.3, -0.25) is 9.59 Å². The Balaban J connectivity index is 1.98. The van der Waals surface area contributed by atoms with Crippen molar-refractivity contribution in [3.05, 3.63) is 69.8 Å². The van der Waals surface area contributed by atoms with E-state index in [0.717, 1.165) is 47.9 Å². The normalized spacial score (nSPS) is 16.1. The molecule has 0 aromatic heterocycles. The van der Waals surface area contributed by atoms with Gasteiger partial charge < -0.3 is 15.1 Å². The van der Waals surface area contributed by atoms with Crippen molar-refractivity contribution in [1.29, 1.82) is 0 Å². The van der Waals surface area contributed by atoms with E-state index in [1.54, 1.807) is 6.07 Å². The van der Waals surface area contributed by atoms with Gasteiger partial charge in [0.05, 0.1) is 5.60 Å². The van der Waals surface area contributed by atoms with Crippen molar-refractivity contribution in [2.75, 3.05) is 7.05 Å². The Labute approximate surface area is 233 Å². The largest absolute Gasteiger partial charge is 0.480 e. The number of hydrogen-bond donors (Lipinski definition) is 2. The molecule has 1 atom stereocenters. The molecular weight excluding hydrogens is 490 g/mol. The molecule has 0 radical (unpaired) electrons. The zero-order chi connectivity index (χ0) is 29.3. The van der Waals surface area contributed by atoms with E-state index < -0.39 is 23.0 Å². The predicted molar refractivity (Wildman–Crippen MR) is 154 cm³/mol. The number of nitrogens with zero attached hydrogens (tertiary/aromatic N) is 1. The van der Waals surface area contributed by atoms with Crippen LogP contribution in [0.2, 0.25) is 0 Å². The fourth-order valence-electron chi connectivity index (χ4n) is 6.15. The summed E-state index contributed by atoms with van der Waals surface area (Å²) < 4.78 is 0. The number of Topliss-reactive ketones (excluding diaryl/α,β-unsaturated/α-hetero) is 1. The molecule has 6 nitrogen and oxygen atoms in total. The van der Waals surface area contributed by atoms with E-state index in [9.17, 15) is 24.6 Å². The number of carbonyl (C=O) groups excluding carboxylic acids is 2. The molecule has 3 rings (SSSR count). The molecule has 1 unspecified atom stereocenters. The van der Waals surface area contributed by atoms with Crippen LogP contribution in [-0.2, 0) is 10.2 Å². The maximum absolute atomic E-state index is 13.4. The van der Waals surface area contributed by atoms with E-state index in [4.69, 9.17) is 0 Å². The van der Waals surface area contributed by atoms with E-state index in [-0.39, 0.29) is 17.1 Å². The first-order chi connectivity index (χ1) is 18.2. The van der Waals surface area contributed by atoms with E-state index >= 15 is 0 Å². The molecule has 1 aliphatic carbocycles. The lowest BCUT2D eigenvalue weighted by Crippen LogP contribution is -2.50. The molecule has 212 valence electrons. The highest BCUT2D eigenvalue weighted by Crippen LogP contribution is 2.42. The summed E-state index contributed by atoms with van der Waals surface area (Å²) in [4.78, 5) is 39.6. The van der Waals surface area contributed by atoms with Crippen LogP contribution in [0.1, 0.15) is 116 Å². The SMILES string of the molecule is CCC(CC)(c1ccc(C(=O)C(C)C2(O)CCCC2)c(C)c1)c1ccc(C(=O)N(C)C(C)(C)C(=O)O)c(C)c1. The number of carbonyl (C=O) groups is 3. The van der Waals surface area contributed by atoms with Gasteiger partial charge in [-0.2, -0.15) is 0 Å². The molecule has 0 spiro atoms. The summed E-state index contributed by atoms with van der Waals surface area (Å²) in [6, 6.07) is 11.9. The maximum atomic E-state index is 13.4. The number of amides is 1. The quantitative estimate of drug-likeness (QED) is 0.340. The summed E-state index contributed by atoms with van der Waals surface area (Å²) in [5, 5.41) is 20.6. The highest BCUT2D eigenvalue weighted by Gasteiger charge is 2.41. The van der Waals surface area contributed by atoms with Gasteiger partial charge in [0.1, 0.15) is 5.54 Å². The Morgan fingerprint density at radius 1 is 0.923 bits per heavy atom. The lowest BCUT2D eigenvalue weighted by atomic mass is 9.69. The summed E-state index contributed by atoms with van der Waals surface area (Å²) in [5.41, 5.74) is 2.45. The van der Waals surface area contributed by atoms with Crippen molar-refractivity contribution in [2.45, 2.75) is 104 Å². The average Bonchev–Trinajstić information content (AvgIpc) is 3.35. The lowest BCUT2D eigenvalue weighted by molar-refractivity contribution is -0.147. The monoisotopic (exact) mass is 535 g/mol. The molecule has 39 heavy (non-hydrogen) atoms. The molecule has 6 heteroatoms. The third-order valence-corrected chi connectivity index (χ3v) is 9.60. The zero-order valence-corrected chi connectivity index (χ0v) is 24.9. The Bertz CT molecular complexity index is 1250. The third kappa shape index (κ3) is 5.41. The van der Waals surface area contributed by atoms with Gasteiger partial charge >= 0.3 is 5.97 Å². The van der Waals surface area contributed by atoms with Crippen LogP contribution in [0.15, 0.2) is 36.4 Å². The van der Waals surface area contributed by atoms with Crippen molar-refractivity contribution in [1.82, 2.24) is 4.90 Å². The summed E-state index contributed by atoms with van der Waals surface area (Å²) in [7, 11) is 1.52. The standard InChI is InChI=1S/C33H45NO5/c1-9-32(10-2,25-14-16-27(22(4)20-25)29(36)34(8)31(6,7)30(37)38)24-13-15-26(21(3)19-24)28(35)23(5)33(39)17-11-12-18-33/h13-16,19-20,23,39H,9-12,17-18H2,1-8H3,(H,37,38). The Kier molecular flexibility index (Phi) is 8.81. The smallest absolute Gasteiger partial charge is 0.329 e. The van der Waals surface area contributed by atoms with Crippen LogP contribution >= 0.6 is 0 Å². The van der Waals surface area contributed by atoms with E-state index in [1.807, 2.05) is 45.0 Å². The molecule has 2 N–H and O–H groups in total. The summed E-state index contributed by atoms with van der Waals surface area (Å²) in [6.45, 7) is 13.0. The Morgan fingerprint density at radius 3 is 1.79 bits per heavy atom. The van der Waals surface area contributed by atoms with Crippen LogP contribution < -0.4 is 0 Å². The fourth-order valence-corrected chi connectivity index (χ4v) is 6.15. The predicted octanol–water partition coefficient (Wildman–Crippen LogP) is 6.47. The summed E-state index contributed by atoms with van der Waals surface area (Å²) >= 11 is 0. The second-order valence-electron chi connectivity index (χ2n) is 12.0. The van der Waals surface area contributed by atoms with Crippen LogP contribution in [-0.4, -0.2) is 51.0 Å². The minimum absolute atomic E-state index is 0.00541. The summed E-state index contributed by atoms with van der Waals surface area (Å²) in [5.74, 6) is -1.84. The van der Waals surface area contributed by atoms with E-state index in [1.165, 1.54) is 25.8 Å². The molecule has 0 saturated heterocycles. The van der Waals surface area contributed by atoms with Crippen LogP contribution in [0.3, 0.4) is 0 Å². The van der Waals surface area contributed by atoms with Crippen LogP contribution in [0.5, 0.6) is 0 Å². The van der Waals surface area contributed by atoms with Gasteiger partial charge in [-0.05, 0) is 81.7 Å². The molecule has 1 aliphatic rings. The summed E-state index contributed by atoms with van der Waals surface area (Å²) in [6.07, 6.45) is 4.91. The molecular formula is C33H45NO5. The number of aliphatic carboxylic acids is 1. The van der Waals surface area contributed by atoms with Crippen LogP contribution in [0.4, 0.5) is 0 Å². The maximum Gasteiger partial charge on any atom is 0.329 e. The first kappa shape index (κ1) is 30.6. The Hall–Kier alpha value is -2.99. The molecule has 1 amide bonds. The first-order valence-corrected chi connectivity index (χ1v) is 14.2. The molecule has 2 aromatic carbocycles. The average molecular weight is 536 g/mol. The third-order valence-electron chi connectivity index (χ3n) is 9.60. The highest BCUT2D eigenvalue weighted by molar-refractivity contribution is 6.00. The van der Waals surface area contributed by atoms with Gasteiger partial charge in [-0.25, -0.2) is 4.79 Å². The van der Waals surface area contributed by atoms with Gasteiger partial charge in [-0.15, -0.1) is 0 Å². The molecule has 1 fully saturated rings. The second-order valence-corrected chi connectivity index (χ2v) is 12.0. The van der Waals surface area contributed by atoms with E-state index in [0.29, 0.717) is 24.0 Å². The van der Waals surface area contributed by atoms with Gasteiger partial charge in [0.15, 0.2) is 5.78 Å². The number of benzene rings is 2. The zero-order valence-electron chi connectivity index (χ0n) is 24.9. The fraction of sp³-hybridized carbons (Fsp3) is 0.545.